The first-order valence-electron chi connectivity index (χ1n) is 6.44. The summed E-state index contributed by atoms with van der Waals surface area (Å²) >= 11 is 4.86. The van der Waals surface area contributed by atoms with Crippen molar-refractivity contribution in [2.45, 2.75) is 19.3 Å². The molecule has 0 saturated carbocycles. The molecule has 1 saturated heterocycles. The van der Waals surface area contributed by atoms with Gasteiger partial charge in [0, 0.05) is 18.4 Å². The lowest BCUT2D eigenvalue weighted by Crippen LogP contribution is -2.42. The topological polar surface area (TPSA) is 72.6 Å². The summed E-state index contributed by atoms with van der Waals surface area (Å²) in [7, 11) is 0. The molecule has 1 heterocycles. The lowest BCUT2D eigenvalue weighted by atomic mass is 10.1. The van der Waals surface area contributed by atoms with E-state index < -0.39 is 0 Å². The predicted octanol–water partition coefficient (Wildman–Crippen LogP) is 1.24. The maximum Gasteiger partial charge on any atom is 0.229 e. The number of rotatable bonds is 5. The summed E-state index contributed by atoms with van der Waals surface area (Å²) in [6, 6.07) is 7.06. The lowest BCUT2D eigenvalue weighted by molar-refractivity contribution is -0.148. The Balaban J connectivity index is 1.84. The van der Waals surface area contributed by atoms with Gasteiger partial charge in [0.15, 0.2) is 0 Å². The second-order valence-corrected chi connectivity index (χ2v) is 4.97. The fraction of sp³-hybridized carbons (Fsp3) is 0.357. The second-order valence-electron chi connectivity index (χ2n) is 4.53. The van der Waals surface area contributed by atoms with Gasteiger partial charge >= 0.3 is 0 Å². The molecule has 0 radical (unpaired) electrons. The third kappa shape index (κ3) is 3.54. The zero-order valence-corrected chi connectivity index (χ0v) is 11.8. The van der Waals surface area contributed by atoms with Gasteiger partial charge < -0.3 is 10.5 Å². The van der Waals surface area contributed by atoms with E-state index in [9.17, 15) is 9.59 Å². The molecule has 2 N–H and O–H groups in total. The van der Waals surface area contributed by atoms with Crippen LogP contribution in [0.4, 0.5) is 0 Å². The van der Waals surface area contributed by atoms with Gasteiger partial charge in [0.05, 0.1) is 6.54 Å². The van der Waals surface area contributed by atoms with Crippen LogP contribution in [-0.4, -0.2) is 34.9 Å². The van der Waals surface area contributed by atoms with Crippen molar-refractivity contribution in [2.75, 3.05) is 13.2 Å². The number of piperidine rings is 1. The molecule has 2 amide bonds. The Hall–Kier alpha value is -1.95. The number of amides is 2. The van der Waals surface area contributed by atoms with Crippen molar-refractivity contribution in [1.29, 1.82) is 0 Å². The van der Waals surface area contributed by atoms with Crippen molar-refractivity contribution in [1.82, 2.24) is 4.90 Å². The molecule has 0 aromatic heterocycles. The molecule has 1 aliphatic rings. The minimum Gasteiger partial charge on any atom is -0.492 e. The molecule has 0 bridgehead atoms. The third-order valence-electron chi connectivity index (χ3n) is 3.11. The van der Waals surface area contributed by atoms with E-state index in [4.69, 9.17) is 22.7 Å². The molecule has 5 nitrogen and oxygen atoms in total. The highest BCUT2D eigenvalue weighted by molar-refractivity contribution is 7.80. The fourth-order valence-corrected chi connectivity index (χ4v) is 2.16. The van der Waals surface area contributed by atoms with Crippen LogP contribution >= 0.6 is 12.2 Å². The van der Waals surface area contributed by atoms with Crippen molar-refractivity contribution in [3.05, 3.63) is 29.8 Å². The van der Waals surface area contributed by atoms with Crippen molar-refractivity contribution in [3.63, 3.8) is 0 Å². The van der Waals surface area contributed by atoms with Gasteiger partial charge in [-0.05, 0) is 30.7 Å². The lowest BCUT2D eigenvalue weighted by Gasteiger charge is -2.24. The van der Waals surface area contributed by atoms with Crippen LogP contribution in [0.15, 0.2) is 24.3 Å². The van der Waals surface area contributed by atoms with Gasteiger partial charge in [-0.2, -0.15) is 0 Å². The van der Waals surface area contributed by atoms with Gasteiger partial charge in [-0.3, -0.25) is 14.5 Å². The molecule has 1 aliphatic heterocycles. The Morgan fingerprint density at radius 1 is 1.20 bits per heavy atom. The summed E-state index contributed by atoms with van der Waals surface area (Å²) in [4.78, 5) is 24.8. The first-order valence-corrected chi connectivity index (χ1v) is 6.84. The van der Waals surface area contributed by atoms with Crippen molar-refractivity contribution < 1.29 is 14.3 Å². The largest absolute Gasteiger partial charge is 0.492 e. The van der Waals surface area contributed by atoms with Gasteiger partial charge in [-0.1, -0.05) is 12.2 Å². The molecule has 0 unspecified atom stereocenters. The summed E-state index contributed by atoms with van der Waals surface area (Å²) in [6.45, 7) is 0.568. The van der Waals surface area contributed by atoms with Crippen LogP contribution in [0.1, 0.15) is 24.8 Å². The van der Waals surface area contributed by atoms with E-state index in [1.807, 2.05) is 0 Å². The molecule has 0 aliphatic carbocycles. The smallest absolute Gasteiger partial charge is 0.229 e. The third-order valence-corrected chi connectivity index (χ3v) is 3.34. The SMILES string of the molecule is NC(=S)c1ccc(OCCN2C(=O)CCCC2=O)cc1. The highest BCUT2D eigenvalue weighted by Crippen LogP contribution is 2.14. The van der Waals surface area contributed by atoms with E-state index in [1.54, 1.807) is 24.3 Å². The van der Waals surface area contributed by atoms with E-state index in [2.05, 4.69) is 0 Å². The summed E-state index contributed by atoms with van der Waals surface area (Å²) in [5, 5.41) is 0. The number of hydrogen-bond donors (Lipinski definition) is 1. The quantitative estimate of drug-likeness (QED) is 0.653. The molecule has 1 aromatic rings. The normalized spacial score (nSPS) is 15.3. The van der Waals surface area contributed by atoms with Crippen LogP contribution in [0.5, 0.6) is 5.75 Å². The molecular weight excluding hydrogens is 276 g/mol. The van der Waals surface area contributed by atoms with Crippen molar-refractivity contribution >= 4 is 29.0 Å². The number of carbonyl (C=O) groups excluding carboxylic acids is 2. The Morgan fingerprint density at radius 2 is 1.80 bits per heavy atom. The summed E-state index contributed by atoms with van der Waals surface area (Å²) in [5.74, 6) is 0.421. The summed E-state index contributed by atoms with van der Waals surface area (Å²) in [5.41, 5.74) is 6.27. The van der Waals surface area contributed by atoms with Crippen molar-refractivity contribution in [3.8, 4) is 5.75 Å². The molecule has 1 aromatic carbocycles. The number of nitrogens with two attached hydrogens (primary N) is 1. The van der Waals surface area contributed by atoms with Gasteiger partial charge in [0.1, 0.15) is 17.3 Å². The minimum atomic E-state index is -0.117. The van der Waals surface area contributed by atoms with Crippen molar-refractivity contribution in [2.24, 2.45) is 5.73 Å². The van der Waals surface area contributed by atoms with Gasteiger partial charge in [-0.25, -0.2) is 0 Å². The average Bonchev–Trinajstić information content (AvgIpc) is 2.42. The highest BCUT2D eigenvalue weighted by atomic mass is 32.1. The predicted molar refractivity (Wildman–Crippen MR) is 78.4 cm³/mol. The number of ether oxygens (including phenoxy) is 1. The van der Waals surface area contributed by atoms with E-state index in [1.165, 1.54) is 4.90 Å². The van der Waals surface area contributed by atoms with Crippen LogP contribution in [-0.2, 0) is 9.59 Å². The number of thiocarbonyl (C=S) groups is 1. The number of imide groups is 1. The van der Waals surface area contributed by atoms with Gasteiger partial charge in [0.25, 0.3) is 0 Å². The maximum absolute atomic E-state index is 11.6. The standard InChI is InChI=1S/C14H16N2O3S/c15-14(20)10-4-6-11(7-5-10)19-9-8-16-12(17)2-1-3-13(16)18/h4-7H,1-3,8-9H2,(H2,15,20). The van der Waals surface area contributed by atoms with Gasteiger partial charge in [0.2, 0.25) is 11.8 Å². The first kappa shape index (κ1) is 14.5. The summed E-state index contributed by atoms with van der Waals surface area (Å²) < 4.78 is 5.51. The second kappa shape index (κ2) is 6.47. The number of likely N-dealkylation sites (tertiary alicyclic amines) is 1. The molecule has 20 heavy (non-hydrogen) atoms. The zero-order valence-electron chi connectivity index (χ0n) is 11.0. The monoisotopic (exact) mass is 292 g/mol. The number of benzene rings is 1. The molecule has 1 fully saturated rings. The minimum absolute atomic E-state index is 0.117. The highest BCUT2D eigenvalue weighted by Gasteiger charge is 2.25. The van der Waals surface area contributed by atoms with Crippen LogP contribution < -0.4 is 10.5 Å². The molecule has 2 rings (SSSR count). The molecule has 0 spiro atoms. The van der Waals surface area contributed by atoms with Crippen LogP contribution in [0.25, 0.3) is 0 Å². The Morgan fingerprint density at radius 3 is 2.35 bits per heavy atom. The van der Waals surface area contributed by atoms with Crippen LogP contribution in [0.2, 0.25) is 0 Å². The summed E-state index contributed by atoms with van der Waals surface area (Å²) in [6.07, 6.45) is 1.53. The van der Waals surface area contributed by atoms with Crippen LogP contribution in [0.3, 0.4) is 0 Å². The number of carbonyl (C=O) groups is 2. The van der Waals surface area contributed by atoms with E-state index in [0.29, 0.717) is 30.0 Å². The van der Waals surface area contributed by atoms with Crippen LogP contribution in [0, 0.1) is 0 Å². The average molecular weight is 292 g/mol. The zero-order chi connectivity index (χ0) is 14.5. The Kier molecular flexibility index (Phi) is 4.68. The fourth-order valence-electron chi connectivity index (χ4n) is 2.02. The van der Waals surface area contributed by atoms with E-state index >= 15 is 0 Å². The Bertz CT molecular complexity index is 512. The molecule has 0 atom stereocenters. The van der Waals surface area contributed by atoms with Gasteiger partial charge in [-0.15, -0.1) is 0 Å². The van der Waals surface area contributed by atoms with E-state index in [-0.39, 0.29) is 25.0 Å². The first-order chi connectivity index (χ1) is 9.58. The maximum atomic E-state index is 11.6. The Labute approximate surface area is 122 Å². The van der Waals surface area contributed by atoms with E-state index in [0.717, 1.165) is 5.56 Å². The molecule has 106 valence electrons. The number of nitrogens with zero attached hydrogens (tertiary/aromatic N) is 1. The number of hydrogen-bond acceptors (Lipinski definition) is 4. The molecule has 6 heteroatoms. The molecular formula is C14H16N2O3S.